The predicted octanol–water partition coefficient (Wildman–Crippen LogP) is 2.42. The van der Waals surface area contributed by atoms with E-state index in [1.165, 1.54) is 12.8 Å². The molecule has 2 atom stereocenters. The number of nitrogens with zero attached hydrogens (tertiary/aromatic N) is 1. The van der Waals surface area contributed by atoms with Gasteiger partial charge < -0.3 is 10.6 Å². The number of piperidine rings is 1. The summed E-state index contributed by atoms with van der Waals surface area (Å²) in [7, 11) is 0. The normalized spacial score (nSPS) is 27.9. The molecule has 2 unspecified atom stereocenters. The molecule has 2 saturated heterocycles. The summed E-state index contributed by atoms with van der Waals surface area (Å²) in [5.74, 6) is 0.653. The zero-order valence-electron chi connectivity index (χ0n) is 11.9. The second-order valence-electron chi connectivity index (χ2n) is 6.40. The van der Waals surface area contributed by atoms with E-state index in [0.29, 0.717) is 24.4 Å². The van der Waals surface area contributed by atoms with Crippen molar-refractivity contribution in [2.45, 2.75) is 44.2 Å². The van der Waals surface area contributed by atoms with Crippen molar-refractivity contribution in [1.29, 1.82) is 0 Å². The first-order valence-electron chi connectivity index (χ1n) is 7.75. The molecule has 3 N–H and O–H groups in total. The molecule has 4 rings (SSSR count). The van der Waals surface area contributed by atoms with Gasteiger partial charge in [-0.2, -0.15) is 5.10 Å². The number of aromatic nitrogens is 2. The predicted molar refractivity (Wildman–Crippen MR) is 82.0 cm³/mol. The number of benzene rings is 1. The van der Waals surface area contributed by atoms with Crippen LogP contribution in [0.15, 0.2) is 24.4 Å². The van der Waals surface area contributed by atoms with Crippen LogP contribution in [0.3, 0.4) is 0 Å². The standard InChI is InChI=1S/C16H20N4O/c21-16(7-10-5-12-3-4-13(6-10)18-12)19-14-2-1-11-9-17-20-15(11)8-14/h1-2,8-10,12-13,18H,3-7H2,(H,17,20)(H,19,21). The molecule has 1 amide bonds. The third kappa shape index (κ3) is 2.65. The van der Waals surface area contributed by atoms with E-state index >= 15 is 0 Å². The van der Waals surface area contributed by atoms with E-state index in [1.807, 2.05) is 18.2 Å². The molecule has 0 radical (unpaired) electrons. The highest BCUT2D eigenvalue weighted by atomic mass is 16.1. The van der Waals surface area contributed by atoms with Crippen LogP contribution in [0, 0.1) is 5.92 Å². The highest BCUT2D eigenvalue weighted by molar-refractivity contribution is 5.93. The number of rotatable bonds is 3. The minimum atomic E-state index is 0.125. The summed E-state index contributed by atoms with van der Waals surface area (Å²) in [6, 6.07) is 7.12. The smallest absolute Gasteiger partial charge is 0.224 e. The van der Waals surface area contributed by atoms with E-state index in [1.54, 1.807) is 6.20 Å². The maximum Gasteiger partial charge on any atom is 0.224 e. The van der Waals surface area contributed by atoms with Crippen LogP contribution in [-0.2, 0) is 4.79 Å². The molecule has 21 heavy (non-hydrogen) atoms. The monoisotopic (exact) mass is 284 g/mol. The second kappa shape index (κ2) is 5.15. The van der Waals surface area contributed by atoms with Crippen LogP contribution in [0.4, 0.5) is 5.69 Å². The molecule has 0 aliphatic carbocycles. The highest BCUT2D eigenvalue weighted by Gasteiger charge is 2.34. The number of aromatic amines is 1. The van der Waals surface area contributed by atoms with Gasteiger partial charge in [-0.15, -0.1) is 0 Å². The number of carbonyl (C=O) groups excluding carboxylic acids is 1. The first-order chi connectivity index (χ1) is 10.3. The molecular weight excluding hydrogens is 264 g/mol. The Morgan fingerprint density at radius 2 is 2.10 bits per heavy atom. The van der Waals surface area contributed by atoms with Crippen molar-refractivity contribution >= 4 is 22.5 Å². The fourth-order valence-corrected chi connectivity index (χ4v) is 3.83. The van der Waals surface area contributed by atoms with E-state index in [2.05, 4.69) is 20.8 Å². The molecule has 2 bridgehead atoms. The molecular formula is C16H20N4O. The SMILES string of the molecule is O=C(CC1CC2CCC(C1)N2)Nc1ccc2cn[nH]c2c1. The van der Waals surface area contributed by atoms with Crippen molar-refractivity contribution in [2.75, 3.05) is 5.32 Å². The van der Waals surface area contributed by atoms with Crippen molar-refractivity contribution in [3.05, 3.63) is 24.4 Å². The molecule has 2 aliphatic rings. The summed E-state index contributed by atoms with van der Waals surface area (Å²) >= 11 is 0. The van der Waals surface area contributed by atoms with Gasteiger partial charge in [0.1, 0.15) is 0 Å². The Kier molecular flexibility index (Phi) is 3.15. The molecule has 3 heterocycles. The summed E-state index contributed by atoms with van der Waals surface area (Å²) in [6.45, 7) is 0. The Hall–Kier alpha value is -1.88. The summed E-state index contributed by atoms with van der Waals surface area (Å²) in [5.41, 5.74) is 1.79. The van der Waals surface area contributed by atoms with Gasteiger partial charge in [0.2, 0.25) is 5.91 Å². The average molecular weight is 284 g/mol. The summed E-state index contributed by atoms with van der Waals surface area (Å²) in [5, 5.41) is 14.6. The summed E-state index contributed by atoms with van der Waals surface area (Å²) < 4.78 is 0. The number of fused-ring (bicyclic) bond motifs is 3. The Balaban J connectivity index is 1.39. The van der Waals surface area contributed by atoms with E-state index in [0.717, 1.165) is 29.4 Å². The number of hydrogen-bond donors (Lipinski definition) is 3. The minimum Gasteiger partial charge on any atom is -0.326 e. The fourth-order valence-electron chi connectivity index (χ4n) is 3.83. The Morgan fingerprint density at radius 1 is 1.29 bits per heavy atom. The van der Waals surface area contributed by atoms with Gasteiger partial charge in [0.05, 0.1) is 11.7 Å². The van der Waals surface area contributed by atoms with Gasteiger partial charge in [0, 0.05) is 29.6 Å². The number of carbonyl (C=O) groups is 1. The van der Waals surface area contributed by atoms with Crippen molar-refractivity contribution < 1.29 is 4.79 Å². The van der Waals surface area contributed by atoms with Gasteiger partial charge in [-0.05, 0) is 49.8 Å². The van der Waals surface area contributed by atoms with Gasteiger partial charge in [0.25, 0.3) is 0 Å². The van der Waals surface area contributed by atoms with Crippen molar-refractivity contribution in [2.24, 2.45) is 5.92 Å². The first kappa shape index (κ1) is 12.8. The van der Waals surface area contributed by atoms with E-state index in [4.69, 9.17) is 0 Å². The maximum atomic E-state index is 12.2. The lowest BCUT2D eigenvalue weighted by molar-refractivity contribution is -0.117. The Labute approximate surface area is 123 Å². The summed E-state index contributed by atoms with van der Waals surface area (Å²) in [6.07, 6.45) is 7.26. The van der Waals surface area contributed by atoms with Gasteiger partial charge in [0.15, 0.2) is 0 Å². The van der Waals surface area contributed by atoms with Crippen LogP contribution in [-0.4, -0.2) is 28.2 Å². The third-order valence-corrected chi connectivity index (χ3v) is 4.77. The minimum absolute atomic E-state index is 0.125. The zero-order valence-corrected chi connectivity index (χ0v) is 11.9. The molecule has 1 aromatic carbocycles. The third-order valence-electron chi connectivity index (χ3n) is 4.77. The van der Waals surface area contributed by atoms with Crippen LogP contribution in [0.5, 0.6) is 0 Å². The Morgan fingerprint density at radius 3 is 2.90 bits per heavy atom. The van der Waals surface area contributed by atoms with Crippen LogP contribution in [0.1, 0.15) is 32.1 Å². The van der Waals surface area contributed by atoms with Crippen molar-refractivity contribution in [3.8, 4) is 0 Å². The largest absolute Gasteiger partial charge is 0.326 e. The molecule has 110 valence electrons. The van der Waals surface area contributed by atoms with Crippen molar-refractivity contribution in [3.63, 3.8) is 0 Å². The number of amides is 1. The molecule has 2 fully saturated rings. The van der Waals surface area contributed by atoms with Gasteiger partial charge in [-0.25, -0.2) is 0 Å². The van der Waals surface area contributed by atoms with Crippen LogP contribution in [0.25, 0.3) is 10.9 Å². The van der Waals surface area contributed by atoms with Crippen LogP contribution >= 0.6 is 0 Å². The lowest BCUT2D eigenvalue weighted by atomic mass is 9.89. The molecule has 5 nitrogen and oxygen atoms in total. The molecule has 1 aromatic heterocycles. The number of anilines is 1. The van der Waals surface area contributed by atoms with E-state index in [9.17, 15) is 4.79 Å². The number of hydrogen-bond acceptors (Lipinski definition) is 3. The van der Waals surface area contributed by atoms with Gasteiger partial charge in [-0.3, -0.25) is 9.89 Å². The molecule has 2 aromatic rings. The average Bonchev–Trinajstić information content (AvgIpc) is 3.04. The zero-order chi connectivity index (χ0) is 14.2. The van der Waals surface area contributed by atoms with Crippen LogP contribution in [0.2, 0.25) is 0 Å². The lowest BCUT2D eigenvalue weighted by Crippen LogP contribution is -2.39. The van der Waals surface area contributed by atoms with Crippen LogP contribution < -0.4 is 10.6 Å². The number of H-pyrrole nitrogens is 1. The topological polar surface area (TPSA) is 69.8 Å². The Bertz CT molecular complexity index is 653. The van der Waals surface area contributed by atoms with Crippen molar-refractivity contribution in [1.82, 2.24) is 15.5 Å². The second-order valence-corrected chi connectivity index (χ2v) is 6.40. The molecule has 0 saturated carbocycles. The van der Waals surface area contributed by atoms with Gasteiger partial charge >= 0.3 is 0 Å². The van der Waals surface area contributed by atoms with E-state index < -0.39 is 0 Å². The molecule has 5 heteroatoms. The lowest BCUT2D eigenvalue weighted by Gasteiger charge is -2.28. The van der Waals surface area contributed by atoms with Gasteiger partial charge in [-0.1, -0.05) is 0 Å². The quantitative estimate of drug-likeness (QED) is 0.810. The van der Waals surface area contributed by atoms with E-state index in [-0.39, 0.29) is 5.91 Å². The molecule has 0 spiro atoms. The number of nitrogens with one attached hydrogen (secondary N) is 3. The molecule has 2 aliphatic heterocycles. The fraction of sp³-hybridized carbons (Fsp3) is 0.500. The first-order valence-corrected chi connectivity index (χ1v) is 7.75. The highest BCUT2D eigenvalue weighted by Crippen LogP contribution is 2.32. The summed E-state index contributed by atoms with van der Waals surface area (Å²) in [4.78, 5) is 12.2. The maximum absolute atomic E-state index is 12.2.